The molecule has 0 aromatic carbocycles. The van der Waals surface area contributed by atoms with Crippen molar-refractivity contribution in [1.82, 2.24) is 20.2 Å². The third-order valence-corrected chi connectivity index (χ3v) is 5.52. The molecule has 1 saturated heterocycles. The van der Waals surface area contributed by atoms with Crippen molar-refractivity contribution < 1.29 is 9.59 Å². The Balaban J connectivity index is 1.48. The second-order valence-electron chi connectivity index (χ2n) is 6.48. The molecule has 8 nitrogen and oxygen atoms in total. The summed E-state index contributed by atoms with van der Waals surface area (Å²) in [7, 11) is 0. The van der Waals surface area contributed by atoms with Gasteiger partial charge < -0.3 is 20.4 Å². The predicted octanol–water partition coefficient (Wildman–Crippen LogP) is 2.01. The zero-order valence-electron chi connectivity index (χ0n) is 15.7. The number of hydrogen-bond acceptors (Lipinski definition) is 6. The van der Waals surface area contributed by atoms with Crippen LogP contribution in [0.3, 0.4) is 0 Å². The van der Waals surface area contributed by atoms with Crippen molar-refractivity contribution >= 4 is 34.2 Å². The molecule has 0 aliphatic carbocycles. The average Bonchev–Trinajstić information content (AvgIpc) is 2.99. The monoisotopic (exact) mass is 388 g/mol. The molecule has 1 fully saturated rings. The molecule has 0 bridgehead atoms. The molecule has 9 heteroatoms. The summed E-state index contributed by atoms with van der Waals surface area (Å²) in [6.07, 6.45) is 1.76. The standard InChI is InChI=1S/C18H24N6O2S/c1-12-14(3)27-17(20-12)22-16(25)13(2)21-18(26)24-10-8-23(9-11-24)15-6-4-5-7-19-15/h4-7,13H,8-11H2,1-3H3,(H,21,26)(H,20,22,25). The van der Waals surface area contributed by atoms with Gasteiger partial charge in [-0.1, -0.05) is 6.07 Å². The van der Waals surface area contributed by atoms with E-state index in [0.717, 1.165) is 16.4 Å². The van der Waals surface area contributed by atoms with E-state index in [9.17, 15) is 9.59 Å². The van der Waals surface area contributed by atoms with Gasteiger partial charge in [0, 0.05) is 37.3 Å². The second-order valence-corrected chi connectivity index (χ2v) is 7.69. The van der Waals surface area contributed by atoms with E-state index in [2.05, 4.69) is 25.5 Å². The number of piperazine rings is 1. The molecule has 0 saturated carbocycles. The van der Waals surface area contributed by atoms with E-state index < -0.39 is 6.04 Å². The Morgan fingerprint density at radius 1 is 1.19 bits per heavy atom. The van der Waals surface area contributed by atoms with E-state index in [0.29, 0.717) is 31.3 Å². The Morgan fingerprint density at radius 3 is 2.52 bits per heavy atom. The molecular formula is C18H24N6O2S. The number of rotatable bonds is 4. The number of thiazole rings is 1. The van der Waals surface area contributed by atoms with Crippen LogP contribution in [0.4, 0.5) is 15.7 Å². The zero-order chi connectivity index (χ0) is 19.4. The Kier molecular flexibility index (Phi) is 5.90. The van der Waals surface area contributed by atoms with Crippen LogP contribution in [0.15, 0.2) is 24.4 Å². The first-order valence-electron chi connectivity index (χ1n) is 8.90. The fourth-order valence-corrected chi connectivity index (χ4v) is 3.58. The lowest BCUT2D eigenvalue weighted by atomic mass is 10.3. The topological polar surface area (TPSA) is 90.5 Å². The number of pyridine rings is 1. The highest BCUT2D eigenvalue weighted by Gasteiger charge is 2.24. The number of carbonyl (C=O) groups is 2. The van der Waals surface area contributed by atoms with Crippen molar-refractivity contribution in [1.29, 1.82) is 0 Å². The smallest absolute Gasteiger partial charge is 0.318 e. The number of nitrogens with one attached hydrogen (secondary N) is 2. The number of aromatic nitrogens is 2. The Morgan fingerprint density at radius 2 is 1.93 bits per heavy atom. The Bertz CT molecular complexity index is 782. The van der Waals surface area contributed by atoms with Gasteiger partial charge in [0.15, 0.2) is 5.13 Å². The third-order valence-electron chi connectivity index (χ3n) is 4.53. The fraction of sp³-hybridized carbons (Fsp3) is 0.444. The summed E-state index contributed by atoms with van der Waals surface area (Å²) in [6.45, 7) is 8.12. The minimum Gasteiger partial charge on any atom is -0.353 e. The second kappa shape index (κ2) is 8.34. The lowest BCUT2D eigenvalue weighted by Gasteiger charge is -2.35. The number of amides is 3. The van der Waals surface area contributed by atoms with Gasteiger partial charge in [-0.05, 0) is 32.9 Å². The first kappa shape index (κ1) is 19.1. The number of hydrogen-bond donors (Lipinski definition) is 2. The molecule has 2 N–H and O–H groups in total. The lowest BCUT2D eigenvalue weighted by molar-refractivity contribution is -0.117. The summed E-state index contributed by atoms with van der Waals surface area (Å²) >= 11 is 1.43. The van der Waals surface area contributed by atoms with E-state index in [1.54, 1.807) is 18.0 Å². The van der Waals surface area contributed by atoms with E-state index in [1.165, 1.54) is 11.3 Å². The molecule has 2 aromatic rings. The predicted molar refractivity (Wildman–Crippen MR) is 106 cm³/mol. The summed E-state index contributed by atoms with van der Waals surface area (Å²) < 4.78 is 0. The maximum absolute atomic E-state index is 12.5. The molecule has 2 aromatic heterocycles. The summed E-state index contributed by atoms with van der Waals surface area (Å²) in [4.78, 5) is 38.3. The van der Waals surface area contributed by atoms with Crippen LogP contribution in [0.1, 0.15) is 17.5 Å². The molecular weight excluding hydrogens is 364 g/mol. The van der Waals surface area contributed by atoms with Crippen LogP contribution in [0.2, 0.25) is 0 Å². The molecule has 1 aliphatic heterocycles. The summed E-state index contributed by atoms with van der Waals surface area (Å²) in [6, 6.07) is 4.92. The molecule has 0 radical (unpaired) electrons. The summed E-state index contributed by atoms with van der Waals surface area (Å²) in [5.74, 6) is 0.642. The largest absolute Gasteiger partial charge is 0.353 e. The van der Waals surface area contributed by atoms with Crippen LogP contribution in [0, 0.1) is 13.8 Å². The Hall–Kier alpha value is -2.68. The van der Waals surface area contributed by atoms with Crippen LogP contribution in [0.5, 0.6) is 0 Å². The van der Waals surface area contributed by atoms with Gasteiger partial charge in [-0.3, -0.25) is 4.79 Å². The first-order chi connectivity index (χ1) is 12.9. The van der Waals surface area contributed by atoms with Crippen LogP contribution in [-0.2, 0) is 4.79 Å². The number of nitrogens with zero attached hydrogens (tertiary/aromatic N) is 4. The highest BCUT2D eigenvalue weighted by Crippen LogP contribution is 2.21. The van der Waals surface area contributed by atoms with E-state index in [1.807, 2.05) is 32.0 Å². The number of anilines is 2. The highest BCUT2D eigenvalue weighted by atomic mass is 32.1. The highest BCUT2D eigenvalue weighted by molar-refractivity contribution is 7.15. The van der Waals surface area contributed by atoms with Crippen molar-refractivity contribution in [3.05, 3.63) is 35.0 Å². The normalized spacial score (nSPS) is 15.4. The van der Waals surface area contributed by atoms with Crippen LogP contribution >= 0.6 is 11.3 Å². The van der Waals surface area contributed by atoms with Crippen molar-refractivity contribution in [2.45, 2.75) is 26.8 Å². The fourth-order valence-electron chi connectivity index (χ4n) is 2.76. The van der Waals surface area contributed by atoms with Gasteiger partial charge in [0.2, 0.25) is 5.91 Å². The van der Waals surface area contributed by atoms with Gasteiger partial charge >= 0.3 is 6.03 Å². The minimum atomic E-state index is -0.643. The molecule has 27 heavy (non-hydrogen) atoms. The minimum absolute atomic E-state index is 0.232. The van der Waals surface area contributed by atoms with Gasteiger partial charge in [-0.2, -0.15) is 0 Å². The third kappa shape index (κ3) is 4.73. The lowest BCUT2D eigenvalue weighted by Crippen LogP contribution is -2.54. The van der Waals surface area contributed by atoms with Gasteiger partial charge in [0.05, 0.1) is 5.69 Å². The van der Waals surface area contributed by atoms with Crippen LogP contribution < -0.4 is 15.5 Å². The zero-order valence-corrected chi connectivity index (χ0v) is 16.5. The number of urea groups is 1. The first-order valence-corrected chi connectivity index (χ1v) is 9.72. The van der Waals surface area contributed by atoms with Crippen molar-refractivity contribution in [2.24, 2.45) is 0 Å². The molecule has 1 unspecified atom stereocenters. The van der Waals surface area contributed by atoms with Gasteiger partial charge in [-0.25, -0.2) is 14.8 Å². The van der Waals surface area contributed by atoms with Crippen LogP contribution in [0.25, 0.3) is 0 Å². The summed E-state index contributed by atoms with van der Waals surface area (Å²) in [5.41, 5.74) is 0.901. The molecule has 3 heterocycles. The summed E-state index contributed by atoms with van der Waals surface area (Å²) in [5, 5.41) is 6.08. The number of aryl methyl sites for hydroxylation is 2. The molecule has 144 valence electrons. The van der Waals surface area contributed by atoms with Crippen LogP contribution in [-0.4, -0.2) is 59.0 Å². The maximum Gasteiger partial charge on any atom is 0.318 e. The van der Waals surface area contributed by atoms with Crippen molar-refractivity contribution in [3.8, 4) is 0 Å². The molecule has 0 spiro atoms. The quantitative estimate of drug-likeness (QED) is 0.836. The molecule has 1 aliphatic rings. The van der Waals surface area contributed by atoms with Gasteiger partial charge in [-0.15, -0.1) is 11.3 Å². The Labute approximate surface area is 162 Å². The van der Waals surface area contributed by atoms with Gasteiger partial charge in [0.25, 0.3) is 0 Å². The maximum atomic E-state index is 12.5. The van der Waals surface area contributed by atoms with Crippen molar-refractivity contribution in [3.63, 3.8) is 0 Å². The SMILES string of the molecule is Cc1nc(NC(=O)C(C)NC(=O)N2CCN(c3ccccn3)CC2)sc1C. The van der Waals surface area contributed by atoms with E-state index >= 15 is 0 Å². The van der Waals surface area contributed by atoms with Gasteiger partial charge in [0.1, 0.15) is 11.9 Å². The number of carbonyl (C=O) groups excluding carboxylic acids is 2. The van der Waals surface area contributed by atoms with Crippen molar-refractivity contribution in [2.75, 3.05) is 36.4 Å². The van der Waals surface area contributed by atoms with E-state index in [-0.39, 0.29) is 11.9 Å². The average molecular weight is 388 g/mol. The molecule has 3 rings (SSSR count). The van der Waals surface area contributed by atoms with E-state index in [4.69, 9.17) is 0 Å². The molecule has 3 amide bonds. The molecule has 1 atom stereocenters.